The molecule has 0 saturated heterocycles. The molecule has 0 aliphatic carbocycles. The number of carbonyl (C=O) groups is 1. The molecule has 0 radical (unpaired) electrons. The van der Waals surface area contributed by atoms with Gasteiger partial charge in [0.15, 0.2) is 0 Å². The van der Waals surface area contributed by atoms with Crippen LogP contribution < -0.4 is 9.62 Å². The molecule has 0 heterocycles. The van der Waals surface area contributed by atoms with E-state index in [0.717, 1.165) is 0 Å². The lowest BCUT2D eigenvalue weighted by Crippen LogP contribution is -2.32. The van der Waals surface area contributed by atoms with Gasteiger partial charge in [0.1, 0.15) is 4.90 Å². The number of nitrogens with zero attached hydrogens (tertiary/aromatic N) is 1. The summed E-state index contributed by atoms with van der Waals surface area (Å²) in [4.78, 5) is 13.9. The van der Waals surface area contributed by atoms with Crippen molar-refractivity contribution < 1.29 is 18.3 Å². The number of aromatic carboxylic acids is 1. The van der Waals surface area contributed by atoms with Crippen LogP contribution in [0.2, 0.25) is 5.02 Å². The van der Waals surface area contributed by atoms with E-state index in [1.54, 1.807) is 24.3 Å². The molecule has 6 nitrogen and oxygen atoms in total. The molecular weight excluding hydrogens is 412 g/mol. The smallest absolute Gasteiger partial charge is 0.337 e. The van der Waals surface area contributed by atoms with Crippen LogP contribution >= 0.6 is 11.6 Å². The third kappa shape index (κ3) is 6.11. The van der Waals surface area contributed by atoms with E-state index in [1.165, 1.54) is 18.2 Å². The number of halogens is 1. The second-order valence-corrected chi connectivity index (χ2v) is 9.82. The first kappa shape index (κ1) is 23.0. The fourth-order valence-corrected chi connectivity index (χ4v) is 4.64. The van der Waals surface area contributed by atoms with Crippen LogP contribution in [0, 0.1) is 11.8 Å². The Kier molecular flexibility index (Phi) is 7.54. The summed E-state index contributed by atoms with van der Waals surface area (Å²) in [6.45, 7) is 9.67. The van der Waals surface area contributed by atoms with Crippen molar-refractivity contribution in [2.24, 2.45) is 11.8 Å². The van der Waals surface area contributed by atoms with Crippen molar-refractivity contribution in [3.63, 3.8) is 0 Å². The van der Waals surface area contributed by atoms with Gasteiger partial charge in [0.05, 0.1) is 16.3 Å². The molecule has 2 N–H and O–H groups in total. The zero-order valence-corrected chi connectivity index (χ0v) is 18.6. The molecule has 2 rings (SSSR count). The highest BCUT2D eigenvalue weighted by Gasteiger charge is 2.22. The van der Waals surface area contributed by atoms with Crippen LogP contribution in [0.5, 0.6) is 0 Å². The molecule has 8 heteroatoms. The largest absolute Gasteiger partial charge is 0.478 e. The van der Waals surface area contributed by atoms with Crippen LogP contribution in [0.4, 0.5) is 11.4 Å². The fraction of sp³-hybridized carbons (Fsp3) is 0.381. The van der Waals surface area contributed by atoms with E-state index in [-0.39, 0.29) is 21.2 Å². The number of anilines is 2. The third-order valence-corrected chi connectivity index (χ3v) is 6.00. The minimum atomic E-state index is -3.95. The number of sulfonamides is 1. The normalized spacial score (nSPS) is 11.7. The number of hydrogen-bond donors (Lipinski definition) is 2. The number of hydrogen-bond acceptors (Lipinski definition) is 4. The van der Waals surface area contributed by atoms with Crippen LogP contribution in [0.25, 0.3) is 0 Å². The monoisotopic (exact) mass is 438 g/mol. The summed E-state index contributed by atoms with van der Waals surface area (Å²) in [5.41, 5.74) is 0.784. The van der Waals surface area contributed by atoms with Crippen molar-refractivity contribution in [1.29, 1.82) is 0 Å². The highest BCUT2D eigenvalue weighted by atomic mass is 35.5. The van der Waals surface area contributed by atoms with Crippen LogP contribution in [-0.4, -0.2) is 32.6 Å². The number of rotatable bonds is 9. The third-order valence-electron chi connectivity index (χ3n) is 4.12. The predicted octanol–water partition coefficient (Wildman–Crippen LogP) is 4.96. The first-order valence-corrected chi connectivity index (χ1v) is 11.3. The molecule has 0 atom stereocenters. The zero-order chi connectivity index (χ0) is 21.8. The van der Waals surface area contributed by atoms with Gasteiger partial charge in [-0.3, -0.25) is 4.72 Å². The Bertz CT molecular complexity index is 964. The predicted molar refractivity (Wildman–Crippen MR) is 118 cm³/mol. The van der Waals surface area contributed by atoms with Crippen LogP contribution in [0.3, 0.4) is 0 Å². The first-order valence-electron chi connectivity index (χ1n) is 9.41. The van der Waals surface area contributed by atoms with Crippen molar-refractivity contribution in [1.82, 2.24) is 0 Å². The Morgan fingerprint density at radius 3 is 2.17 bits per heavy atom. The summed E-state index contributed by atoms with van der Waals surface area (Å²) in [6, 6.07) is 10.7. The van der Waals surface area contributed by atoms with Gasteiger partial charge in [-0.2, -0.15) is 0 Å². The van der Waals surface area contributed by atoms with Gasteiger partial charge in [0.25, 0.3) is 10.0 Å². The van der Waals surface area contributed by atoms with Crippen molar-refractivity contribution in [2.75, 3.05) is 22.7 Å². The number of carboxylic acids is 1. The topological polar surface area (TPSA) is 86.7 Å². The quantitative estimate of drug-likeness (QED) is 0.577. The van der Waals surface area contributed by atoms with Gasteiger partial charge in [-0.1, -0.05) is 51.4 Å². The molecule has 29 heavy (non-hydrogen) atoms. The molecule has 0 unspecified atom stereocenters. The second kappa shape index (κ2) is 9.50. The average Bonchev–Trinajstić information content (AvgIpc) is 2.60. The Balaban J connectivity index is 2.43. The van der Waals surface area contributed by atoms with Crippen molar-refractivity contribution >= 4 is 39.0 Å². The molecule has 0 aliphatic rings. The van der Waals surface area contributed by atoms with E-state index in [1.807, 2.05) is 4.90 Å². The molecule has 0 saturated carbocycles. The molecule has 0 spiro atoms. The second-order valence-electron chi connectivity index (χ2n) is 7.77. The summed E-state index contributed by atoms with van der Waals surface area (Å²) in [5.74, 6) is -0.432. The minimum absolute atomic E-state index is 0.0469. The van der Waals surface area contributed by atoms with Gasteiger partial charge in [0, 0.05) is 18.8 Å². The molecule has 0 aliphatic heterocycles. The lowest BCUT2D eigenvalue weighted by atomic mass is 10.1. The van der Waals surface area contributed by atoms with Crippen LogP contribution in [0.15, 0.2) is 47.4 Å². The van der Waals surface area contributed by atoms with E-state index >= 15 is 0 Å². The molecule has 0 fully saturated rings. The number of benzene rings is 2. The SMILES string of the molecule is CC(C)CN(CC(C)C)c1ccc(NS(=O)(=O)c2ccccc2Cl)cc1C(=O)O. The van der Waals surface area contributed by atoms with E-state index in [2.05, 4.69) is 32.4 Å². The Morgan fingerprint density at radius 1 is 1.07 bits per heavy atom. The van der Waals surface area contributed by atoms with Gasteiger partial charge in [-0.15, -0.1) is 0 Å². The van der Waals surface area contributed by atoms with Gasteiger partial charge >= 0.3 is 5.97 Å². The summed E-state index contributed by atoms with van der Waals surface area (Å²) in [7, 11) is -3.95. The standard InChI is InChI=1S/C21H27ClN2O4S/c1-14(2)12-24(13-15(3)4)19-10-9-16(11-17(19)21(25)26)23-29(27,28)20-8-6-5-7-18(20)22/h5-11,14-15,23H,12-13H2,1-4H3,(H,25,26). The van der Waals surface area contributed by atoms with Gasteiger partial charge in [-0.25, -0.2) is 13.2 Å². The molecule has 0 bridgehead atoms. The highest BCUT2D eigenvalue weighted by molar-refractivity contribution is 7.92. The summed E-state index contributed by atoms with van der Waals surface area (Å²) in [6.07, 6.45) is 0. The van der Waals surface area contributed by atoms with Crippen LogP contribution in [-0.2, 0) is 10.0 Å². The Hall–Kier alpha value is -2.25. The summed E-state index contributed by atoms with van der Waals surface area (Å²) in [5, 5.41) is 9.83. The molecule has 2 aromatic rings. The summed E-state index contributed by atoms with van der Waals surface area (Å²) < 4.78 is 27.7. The van der Waals surface area contributed by atoms with E-state index in [0.29, 0.717) is 30.6 Å². The lowest BCUT2D eigenvalue weighted by molar-refractivity contribution is 0.0697. The lowest BCUT2D eigenvalue weighted by Gasteiger charge is -2.30. The first-order chi connectivity index (χ1) is 13.5. The maximum atomic E-state index is 12.7. The Morgan fingerprint density at radius 2 is 1.66 bits per heavy atom. The zero-order valence-electron chi connectivity index (χ0n) is 17.0. The van der Waals surface area contributed by atoms with E-state index < -0.39 is 16.0 Å². The van der Waals surface area contributed by atoms with E-state index in [9.17, 15) is 18.3 Å². The van der Waals surface area contributed by atoms with Crippen molar-refractivity contribution in [3.05, 3.63) is 53.1 Å². The minimum Gasteiger partial charge on any atom is -0.478 e. The average molecular weight is 439 g/mol. The molecule has 0 aromatic heterocycles. The maximum Gasteiger partial charge on any atom is 0.337 e. The highest BCUT2D eigenvalue weighted by Crippen LogP contribution is 2.29. The van der Waals surface area contributed by atoms with Gasteiger partial charge in [-0.05, 0) is 42.2 Å². The molecule has 2 aromatic carbocycles. The fourth-order valence-electron chi connectivity index (χ4n) is 3.07. The molecule has 0 amide bonds. The van der Waals surface area contributed by atoms with Gasteiger partial charge in [0.2, 0.25) is 0 Å². The Labute approximate surface area is 177 Å². The van der Waals surface area contributed by atoms with Crippen molar-refractivity contribution in [2.45, 2.75) is 32.6 Å². The van der Waals surface area contributed by atoms with Gasteiger partial charge < -0.3 is 10.0 Å². The maximum absolute atomic E-state index is 12.7. The number of nitrogens with one attached hydrogen (secondary N) is 1. The van der Waals surface area contributed by atoms with E-state index in [4.69, 9.17) is 11.6 Å². The molecule has 158 valence electrons. The van der Waals surface area contributed by atoms with Crippen molar-refractivity contribution in [3.8, 4) is 0 Å². The summed E-state index contributed by atoms with van der Waals surface area (Å²) >= 11 is 6.00. The molecular formula is C21H27ClN2O4S. The van der Waals surface area contributed by atoms with Crippen LogP contribution in [0.1, 0.15) is 38.1 Å². The number of carboxylic acid groups (broad SMARTS) is 1.